The summed E-state index contributed by atoms with van der Waals surface area (Å²) >= 11 is 0. The Balaban J connectivity index is 2.38. The van der Waals surface area contributed by atoms with E-state index >= 15 is 0 Å². The molecule has 0 spiro atoms. The predicted molar refractivity (Wildman–Crippen MR) is 40.0 cm³/mol. The molecule has 0 aliphatic carbocycles. The van der Waals surface area contributed by atoms with Gasteiger partial charge in [-0.15, -0.1) is 0 Å². The van der Waals surface area contributed by atoms with Crippen LogP contribution >= 0.6 is 0 Å². The van der Waals surface area contributed by atoms with Crippen molar-refractivity contribution in [2.75, 3.05) is 20.1 Å². The molecule has 0 aromatic carbocycles. The molecule has 9 heavy (non-hydrogen) atoms. The molecule has 0 aromatic heterocycles. The number of likely N-dealkylation sites (N-methyl/N-ethyl adjacent to an activating group) is 1. The second-order valence-electron chi connectivity index (χ2n) is 2.13. The first-order valence-corrected chi connectivity index (χ1v) is 3.27. The van der Waals surface area contributed by atoms with E-state index in [0.29, 0.717) is 0 Å². The highest BCUT2D eigenvalue weighted by Crippen LogP contribution is 1.98. The first-order valence-electron chi connectivity index (χ1n) is 3.27. The van der Waals surface area contributed by atoms with Gasteiger partial charge >= 0.3 is 0 Å². The second-order valence-corrected chi connectivity index (χ2v) is 2.13. The molecule has 2 nitrogen and oxygen atoms in total. The Morgan fingerprint density at radius 1 is 1.78 bits per heavy atom. The van der Waals surface area contributed by atoms with E-state index in [0.717, 1.165) is 19.5 Å². The Morgan fingerprint density at radius 3 is 3.22 bits per heavy atom. The van der Waals surface area contributed by atoms with Gasteiger partial charge in [0, 0.05) is 19.3 Å². The van der Waals surface area contributed by atoms with Crippen LogP contribution in [0.4, 0.5) is 0 Å². The van der Waals surface area contributed by atoms with Crippen LogP contribution in [-0.4, -0.2) is 26.4 Å². The number of nitrogens with zero attached hydrogens (tertiary/aromatic N) is 1. The Morgan fingerprint density at radius 2 is 2.67 bits per heavy atom. The molecule has 0 saturated heterocycles. The highest BCUT2D eigenvalue weighted by atomic mass is 14.8. The Bertz CT molecular complexity index is 136. The molecule has 0 radical (unpaired) electrons. The van der Waals surface area contributed by atoms with E-state index < -0.39 is 0 Å². The summed E-state index contributed by atoms with van der Waals surface area (Å²) in [7, 11) is 1.95. The fourth-order valence-corrected chi connectivity index (χ4v) is 0.881. The molecule has 0 bridgehead atoms. The topological polar surface area (TPSA) is 24.4 Å². The lowest BCUT2D eigenvalue weighted by atomic mass is 10.2. The van der Waals surface area contributed by atoms with Crippen molar-refractivity contribution >= 4 is 6.21 Å². The summed E-state index contributed by atoms with van der Waals surface area (Å²) in [6.07, 6.45) is 5.27. The van der Waals surface area contributed by atoms with Gasteiger partial charge in [-0.05, 0) is 19.0 Å². The maximum absolute atomic E-state index is 4.14. The van der Waals surface area contributed by atoms with Crippen molar-refractivity contribution in [3.63, 3.8) is 0 Å². The van der Waals surface area contributed by atoms with Gasteiger partial charge in [0.15, 0.2) is 0 Å². The molecule has 1 heterocycles. The fraction of sp³-hybridized carbons (Fsp3) is 0.571. The molecular weight excluding hydrogens is 112 g/mol. The molecule has 1 aliphatic heterocycles. The van der Waals surface area contributed by atoms with Gasteiger partial charge in [0.05, 0.1) is 0 Å². The van der Waals surface area contributed by atoms with E-state index in [1.807, 2.05) is 13.3 Å². The maximum atomic E-state index is 4.14. The van der Waals surface area contributed by atoms with Crippen molar-refractivity contribution in [1.82, 2.24) is 5.32 Å². The Labute approximate surface area is 55.7 Å². The molecule has 50 valence electrons. The first-order chi connectivity index (χ1) is 4.43. The molecule has 1 N–H and O–H groups in total. The zero-order chi connectivity index (χ0) is 6.53. The molecule has 1 rings (SSSR count). The largest absolute Gasteiger partial charge is 0.316 e. The van der Waals surface area contributed by atoms with Gasteiger partial charge in [0.2, 0.25) is 0 Å². The molecule has 2 heteroatoms. The minimum atomic E-state index is 0.948. The molecule has 0 saturated carbocycles. The highest BCUT2D eigenvalue weighted by Gasteiger charge is 1.94. The van der Waals surface area contributed by atoms with Crippen LogP contribution in [0.25, 0.3) is 0 Å². The van der Waals surface area contributed by atoms with E-state index in [4.69, 9.17) is 0 Å². The smallest absolute Gasteiger partial charge is 0.0424 e. The van der Waals surface area contributed by atoms with Gasteiger partial charge in [-0.1, -0.05) is 6.08 Å². The van der Waals surface area contributed by atoms with Crippen molar-refractivity contribution in [3.05, 3.63) is 11.6 Å². The van der Waals surface area contributed by atoms with Crippen molar-refractivity contribution in [2.24, 2.45) is 4.99 Å². The zero-order valence-corrected chi connectivity index (χ0v) is 5.72. The van der Waals surface area contributed by atoms with Crippen molar-refractivity contribution in [2.45, 2.75) is 6.42 Å². The quantitative estimate of drug-likeness (QED) is 0.573. The van der Waals surface area contributed by atoms with E-state index in [1.165, 1.54) is 5.57 Å². The first kappa shape index (κ1) is 6.49. The average Bonchev–Trinajstić information content (AvgIpc) is 1.91. The summed E-state index contributed by atoms with van der Waals surface area (Å²) in [6.45, 7) is 1.91. The number of hydrogen-bond acceptors (Lipinski definition) is 2. The minimum Gasteiger partial charge on any atom is -0.316 e. The molecule has 0 fully saturated rings. The van der Waals surface area contributed by atoms with Crippen LogP contribution in [0.1, 0.15) is 6.42 Å². The van der Waals surface area contributed by atoms with Crippen LogP contribution in [0.2, 0.25) is 0 Å². The third kappa shape index (κ3) is 1.98. The summed E-state index contributed by atoms with van der Waals surface area (Å²) in [5.41, 5.74) is 1.31. The van der Waals surface area contributed by atoms with Crippen LogP contribution in [0.15, 0.2) is 16.6 Å². The number of hydrogen-bond donors (Lipinski definition) is 1. The molecule has 1 aliphatic rings. The van der Waals surface area contributed by atoms with Crippen molar-refractivity contribution in [3.8, 4) is 0 Å². The molecule has 0 unspecified atom stereocenters. The van der Waals surface area contributed by atoms with Gasteiger partial charge in [-0.2, -0.15) is 0 Å². The molecule has 0 aromatic rings. The van der Waals surface area contributed by atoms with Gasteiger partial charge in [-0.25, -0.2) is 0 Å². The summed E-state index contributed by atoms with van der Waals surface area (Å²) < 4.78 is 0. The number of nitrogens with one attached hydrogen (secondary N) is 1. The monoisotopic (exact) mass is 124 g/mol. The standard InChI is InChI=1S/C7H12N2/c1-8-5-7-3-2-4-9-6-7/h3,6,8H,2,4-5H2,1H3. The summed E-state index contributed by atoms with van der Waals surface area (Å²) in [5.74, 6) is 0. The average molecular weight is 124 g/mol. The summed E-state index contributed by atoms with van der Waals surface area (Å²) in [5, 5.41) is 3.08. The van der Waals surface area contributed by atoms with Gasteiger partial charge in [0.1, 0.15) is 0 Å². The highest BCUT2D eigenvalue weighted by molar-refractivity contribution is 5.79. The second kappa shape index (κ2) is 3.41. The molecule has 0 amide bonds. The van der Waals surface area contributed by atoms with Crippen LogP contribution in [0.3, 0.4) is 0 Å². The third-order valence-electron chi connectivity index (χ3n) is 1.30. The predicted octanol–water partition coefficient (Wildman–Crippen LogP) is 0.607. The maximum Gasteiger partial charge on any atom is 0.0424 e. The van der Waals surface area contributed by atoms with Gasteiger partial charge in [0.25, 0.3) is 0 Å². The number of dihydropyridines is 1. The third-order valence-corrected chi connectivity index (χ3v) is 1.30. The van der Waals surface area contributed by atoms with E-state index in [1.54, 1.807) is 0 Å². The number of aliphatic imine (C=N–C) groups is 1. The van der Waals surface area contributed by atoms with Crippen LogP contribution in [0.5, 0.6) is 0 Å². The number of rotatable bonds is 2. The molecular formula is C7H12N2. The van der Waals surface area contributed by atoms with E-state index in [9.17, 15) is 0 Å². The van der Waals surface area contributed by atoms with Crippen LogP contribution < -0.4 is 5.32 Å². The SMILES string of the molecule is CNCC1=CCCN=C1. The Hall–Kier alpha value is -0.630. The summed E-state index contributed by atoms with van der Waals surface area (Å²) in [6, 6.07) is 0. The van der Waals surface area contributed by atoms with Gasteiger partial charge in [-0.3, -0.25) is 4.99 Å². The lowest BCUT2D eigenvalue weighted by Gasteiger charge is -2.03. The van der Waals surface area contributed by atoms with Gasteiger partial charge < -0.3 is 5.32 Å². The summed E-state index contributed by atoms with van der Waals surface area (Å²) in [4.78, 5) is 4.14. The van der Waals surface area contributed by atoms with E-state index in [2.05, 4.69) is 16.4 Å². The lowest BCUT2D eigenvalue weighted by Crippen LogP contribution is -2.12. The van der Waals surface area contributed by atoms with Crippen molar-refractivity contribution in [1.29, 1.82) is 0 Å². The van der Waals surface area contributed by atoms with Crippen molar-refractivity contribution < 1.29 is 0 Å². The molecule has 0 atom stereocenters. The Kier molecular flexibility index (Phi) is 2.46. The van der Waals surface area contributed by atoms with Crippen LogP contribution in [0, 0.1) is 0 Å². The fourth-order valence-electron chi connectivity index (χ4n) is 0.881. The minimum absolute atomic E-state index is 0.948. The van der Waals surface area contributed by atoms with Crippen LogP contribution in [-0.2, 0) is 0 Å². The van der Waals surface area contributed by atoms with E-state index in [-0.39, 0.29) is 0 Å². The lowest BCUT2D eigenvalue weighted by molar-refractivity contribution is 0.882. The normalized spacial score (nSPS) is 17.7. The zero-order valence-electron chi connectivity index (χ0n) is 5.72.